The third-order valence-corrected chi connectivity index (χ3v) is 14.6. The number of hydrogen-bond acceptors (Lipinski definition) is 4. The van der Waals surface area contributed by atoms with Gasteiger partial charge in [0, 0.05) is 49.6 Å². The second kappa shape index (κ2) is 15.4. The monoisotopic (exact) mass is 875 g/mol. The molecule has 0 radical (unpaired) electrons. The van der Waals surface area contributed by atoms with E-state index in [1.807, 2.05) is 6.07 Å². The van der Waals surface area contributed by atoms with Crippen LogP contribution in [0.4, 0.5) is 0 Å². The van der Waals surface area contributed by atoms with Crippen LogP contribution < -0.4 is 5.32 Å². The molecule has 0 saturated heterocycles. The zero-order valence-electron chi connectivity index (χ0n) is 37.5. The summed E-state index contributed by atoms with van der Waals surface area (Å²) in [5, 5.41) is 15.8. The predicted molar refractivity (Wildman–Crippen MR) is 282 cm³/mol. The molecule has 1 aliphatic heterocycles. The van der Waals surface area contributed by atoms with E-state index >= 15 is 0 Å². The second-order valence-electron chi connectivity index (χ2n) is 18.7. The molecule has 68 heavy (non-hydrogen) atoms. The van der Waals surface area contributed by atoms with Gasteiger partial charge in [0.1, 0.15) is 22.9 Å². The van der Waals surface area contributed by atoms with Gasteiger partial charge in [0.25, 0.3) is 0 Å². The number of hydrogen-bond donors (Lipinski definition) is 1. The lowest BCUT2D eigenvalue weighted by atomic mass is 9.86. The molecule has 1 N–H and O–H groups in total. The first-order chi connectivity index (χ1) is 33.6. The molecule has 3 aromatic heterocycles. The Morgan fingerprint density at radius 2 is 1.04 bits per heavy atom. The van der Waals surface area contributed by atoms with Gasteiger partial charge in [0.15, 0.2) is 5.58 Å². The zero-order chi connectivity index (χ0) is 44.9. The van der Waals surface area contributed by atoms with Crippen LogP contribution >= 0.6 is 0 Å². The van der Waals surface area contributed by atoms with Crippen molar-refractivity contribution in [2.75, 3.05) is 0 Å². The van der Waals surface area contributed by atoms with Gasteiger partial charge >= 0.3 is 0 Å². The van der Waals surface area contributed by atoms with Crippen LogP contribution in [0.5, 0.6) is 0 Å². The van der Waals surface area contributed by atoms with Crippen molar-refractivity contribution in [1.82, 2.24) is 9.88 Å². The fraction of sp³-hybridized carbons (Fsp3) is 0.0952. The van der Waals surface area contributed by atoms with Crippen molar-refractivity contribution in [1.29, 1.82) is 0 Å². The first-order valence-corrected chi connectivity index (χ1v) is 23.8. The molecule has 10 aromatic carbocycles. The maximum absolute atomic E-state index is 6.97. The first-order valence-electron chi connectivity index (χ1n) is 23.8. The highest BCUT2D eigenvalue weighted by atomic mass is 16.3. The van der Waals surface area contributed by atoms with Crippen molar-refractivity contribution in [3.63, 3.8) is 0 Å². The Balaban J connectivity index is 1.02. The Kier molecular flexibility index (Phi) is 8.83. The van der Waals surface area contributed by atoms with Gasteiger partial charge in [0.2, 0.25) is 0 Å². The van der Waals surface area contributed by atoms with E-state index in [1.54, 1.807) is 0 Å². The average Bonchev–Trinajstić information content (AvgIpc) is 4.06. The highest BCUT2D eigenvalue weighted by molar-refractivity contribution is 6.19. The summed E-state index contributed by atoms with van der Waals surface area (Å²) in [6.45, 7) is 2.39. The standard InChI is InChI=1S/C63H45N3O2/c1-38-29-30-54(64-63(50-26-14-25-49-47-23-9-11-27-58(47)67-61(49)50)65-60(38)45-22-13-21-40(31-45)39-15-3-2-4-16-39)46-34-53-48-24-10-12-28-59(48)68-62(53)57(37-46)66-55-35-43-19-7-5-17-41(43)32-51(55)52-33-42-18-6-8-20-44(42)36-56(52)66/h2-28,31-38,60,63,65H,29-30H2,1H3/b64-54+. The van der Waals surface area contributed by atoms with E-state index < -0.39 is 6.17 Å². The molecule has 0 saturated carbocycles. The van der Waals surface area contributed by atoms with E-state index in [-0.39, 0.29) is 12.0 Å². The molecular formula is C63H45N3O2. The van der Waals surface area contributed by atoms with E-state index in [1.165, 1.54) is 49.0 Å². The summed E-state index contributed by atoms with van der Waals surface area (Å²) in [5.41, 5.74) is 13.5. The van der Waals surface area contributed by atoms with E-state index in [9.17, 15) is 0 Å². The van der Waals surface area contributed by atoms with Crippen molar-refractivity contribution < 1.29 is 8.83 Å². The molecule has 3 unspecified atom stereocenters. The van der Waals surface area contributed by atoms with E-state index in [4.69, 9.17) is 13.8 Å². The number of rotatable bonds is 5. The van der Waals surface area contributed by atoms with Crippen LogP contribution in [0.2, 0.25) is 0 Å². The Morgan fingerprint density at radius 1 is 0.471 bits per heavy atom. The Labute approximate surface area is 392 Å². The predicted octanol–water partition coefficient (Wildman–Crippen LogP) is 16.8. The topological polar surface area (TPSA) is 55.6 Å². The number of benzene rings is 10. The summed E-state index contributed by atoms with van der Waals surface area (Å²) in [5.74, 6) is 0.265. The molecule has 0 fully saturated rings. The lowest BCUT2D eigenvalue weighted by Gasteiger charge is -2.32. The molecule has 0 bridgehead atoms. The molecule has 5 heteroatoms. The van der Waals surface area contributed by atoms with Gasteiger partial charge in [-0.1, -0.05) is 159 Å². The van der Waals surface area contributed by atoms with Gasteiger partial charge in [0.05, 0.1) is 16.7 Å². The molecule has 4 heterocycles. The Bertz CT molecular complexity index is 4080. The van der Waals surface area contributed by atoms with Crippen LogP contribution in [-0.2, 0) is 0 Å². The largest absolute Gasteiger partial charge is 0.456 e. The summed E-state index contributed by atoms with van der Waals surface area (Å²) in [6, 6.07) is 74.5. The number of nitrogens with one attached hydrogen (secondary N) is 1. The smallest absolute Gasteiger partial charge is 0.159 e. The fourth-order valence-electron chi connectivity index (χ4n) is 11.2. The van der Waals surface area contributed by atoms with E-state index in [0.29, 0.717) is 0 Å². The van der Waals surface area contributed by atoms with Crippen LogP contribution in [0.15, 0.2) is 220 Å². The summed E-state index contributed by atoms with van der Waals surface area (Å²) < 4.78 is 16.2. The van der Waals surface area contributed by atoms with Gasteiger partial charge < -0.3 is 13.4 Å². The highest BCUT2D eigenvalue weighted by Crippen LogP contribution is 2.43. The molecule has 14 rings (SSSR count). The molecule has 0 amide bonds. The van der Waals surface area contributed by atoms with Gasteiger partial charge in [-0.15, -0.1) is 0 Å². The number of furan rings is 2. The molecule has 13 aromatic rings. The van der Waals surface area contributed by atoms with Gasteiger partial charge in [-0.2, -0.15) is 0 Å². The van der Waals surface area contributed by atoms with Crippen molar-refractivity contribution in [3.05, 3.63) is 223 Å². The second-order valence-corrected chi connectivity index (χ2v) is 18.7. The van der Waals surface area contributed by atoms with Gasteiger partial charge in [-0.25, -0.2) is 0 Å². The molecule has 0 aliphatic carbocycles. The van der Waals surface area contributed by atoms with Crippen LogP contribution in [0.1, 0.15) is 48.7 Å². The molecular weight excluding hydrogens is 831 g/mol. The molecule has 5 nitrogen and oxygen atoms in total. The summed E-state index contributed by atoms with van der Waals surface area (Å²) in [4.78, 5) is 5.89. The number of para-hydroxylation sites is 3. The maximum Gasteiger partial charge on any atom is 0.159 e. The molecule has 1 aliphatic rings. The lowest BCUT2D eigenvalue weighted by Crippen LogP contribution is -2.33. The van der Waals surface area contributed by atoms with E-state index in [0.717, 1.165) is 90.3 Å². The normalized spacial score (nSPS) is 17.7. The molecule has 3 atom stereocenters. The van der Waals surface area contributed by atoms with Crippen molar-refractivity contribution >= 4 is 92.9 Å². The van der Waals surface area contributed by atoms with Gasteiger partial charge in [-0.3, -0.25) is 10.3 Å². The molecule has 324 valence electrons. The number of fused-ring (bicyclic) bond motifs is 11. The minimum absolute atomic E-state index is 0.0201. The number of nitrogens with zero attached hydrogens (tertiary/aromatic N) is 2. The van der Waals surface area contributed by atoms with E-state index in [2.05, 4.69) is 217 Å². The quantitative estimate of drug-likeness (QED) is 0.187. The fourth-order valence-corrected chi connectivity index (χ4v) is 11.2. The Hall–Kier alpha value is -8.25. The minimum atomic E-state index is -0.423. The summed E-state index contributed by atoms with van der Waals surface area (Å²) in [7, 11) is 0. The SMILES string of the molecule is CC1CC/C(c2cc(-n3c4cc5ccccc5cc4c4cc5ccccc5cc43)c3oc4ccccc4c3c2)=N\C(c2cccc3c2oc2ccccc23)NC1c1cccc(-c2ccccc2)c1. The third kappa shape index (κ3) is 6.23. The number of aliphatic imine (C=N–C) groups is 1. The van der Waals surface area contributed by atoms with Gasteiger partial charge in [-0.05, 0) is 117 Å². The zero-order valence-corrected chi connectivity index (χ0v) is 37.5. The van der Waals surface area contributed by atoms with Crippen molar-refractivity contribution in [3.8, 4) is 16.8 Å². The third-order valence-electron chi connectivity index (χ3n) is 14.6. The Morgan fingerprint density at radius 3 is 1.75 bits per heavy atom. The highest BCUT2D eigenvalue weighted by Gasteiger charge is 2.30. The lowest BCUT2D eigenvalue weighted by molar-refractivity contribution is 0.328. The van der Waals surface area contributed by atoms with Crippen LogP contribution in [0.25, 0.3) is 104 Å². The summed E-state index contributed by atoms with van der Waals surface area (Å²) in [6.07, 6.45) is 1.29. The average molecular weight is 876 g/mol. The summed E-state index contributed by atoms with van der Waals surface area (Å²) >= 11 is 0. The maximum atomic E-state index is 6.97. The van der Waals surface area contributed by atoms with Crippen molar-refractivity contribution in [2.24, 2.45) is 10.9 Å². The van der Waals surface area contributed by atoms with Crippen LogP contribution in [0.3, 0.4) is 0 Å². The van der Waals surface area contributed by atoms with Crippen LogP contribution in [-0.4, -0.2) is 10.3 Å². The number of aromatic nitrogens is 1. The first kappa shape index (κ1) is 39.0. The van der Waals surface area contributed by atoms with Crippen LogP contribution in [0, 0.1) is 5.92 Å². The molecule has 0 spiro atoms. The van der Waals surface area contributed by atoms with Crippen molar-refractivity contribution in [2.45, 2.75) is 32.0 Å². The minimum Gasteiger partial charge on any atom is -0.456 e.